The zero-order valence-electron chi connectivity index (χ0n) is 18.6. The van der Waals surface area contributed by atoms with Crippen molar-refractivity contribution in [2.24, 2.45) is 0 Å². The lowest BCUT2D eigenvalue weighted by atomic mass is 10.0. The van der Waals surface area contributed by atoms with Crippen LogP contribution >= 0.6 is 0 Å². The molecule has 1 aliphatic heterocycles. The average molecular weight is 408 g/mol. The fourth-order valence-corrected chi connectivity index (χ4v) is 3.84. The number of aryl methyl sites for hydroxylation is 3. The highest BCUT2D eigenvalue weighted by atomic mass is 16.2. The number of likely N-dealkylation sites (N-methyl/N-ethyl adjacent to an activating group) is 1. The molecule has 0 atom stereocenters. The molecule has 0 aromatic heterocycles. The molecule has 0 N–H and O–H groups in total. The number of amides is 2. The zero-order chi connectivity index (χ0) is 21.7. The molecule has 3 rings (SSSR count). The molecule has 5 heteroatoms. The lowest BCUT2D eigenvalue weighted by molar-refractivity contribution is -0.140. The van der Waals surface area contributed by atoms with Crippen LogP contribution in [0, 0.1) is 20.8 Å². The van der Waals surface area contributed by atoms with Crippen LogP contribution in [0.5, 0.6) is 0 Å². The zero-order valence-corrected chi connectivity index (χ0v) is 18.6. The second-order valence-corrected chi connectivity index (χ2v) is 8.49. The third-order valence-electron chi connectivity index (χ3n) is 5.94. The molecule has 1 heterocycles. The monoisotopic (exact) mass is 407 g/mol. The van der Waals surface area contributed by atoms with Gasteiger partial charge < -0.3 is 9.80 Å². The van der Waals surface area contributed by atoms with E-state index in [1.165, 1.54) is 22.3 Å². The first-order valence-electron chi connectivity index (χ1n) is 10.7. The Balaban J connectivity index is 1.45. The van der Waals surface area contributed by atoms with Crippen LogP contribution in [0.2, 0.25) is 0 Å². The number of hydrogen-bond donors (Lipinski definition) is 0. The van der Waals surface area contributed by atoms with Crippen molar-refractivity contribution >= 4 is 11.8 Å². The van der Waals surface area contributed by atoms with E-state index in [1.807, 2.05) is 17.0 Å². The van der Waals surface area contributed by atoms with Crippen molar-refractivity contribution in [3.05, 3.63) is 70.3 Å². The van der Waals surface area contributed by atoms with Gasteiger partial charge >= 0.3 is 0 Å². The van der Waals surface area contributed by atoms with Crippen molar-refractivity contribution in [3.8, 4) is 0 Å². The lowest BCUT2D eigenvalue weighted by Gasteiger charge is -2.35. The largest absolute Gasteiger partial charge is 0.339 e. The van der Waals surface area contributed by atoms with Crippen molar-refractivity contribution in [1.82, 2.24) is 14.7 Å². The summed E-state index contributed by atoms with van der Waals surface area (Å²) < 4.78 is 0. The van der Waals surface area contributed by atoms with Crippen LogP contribution in [-0.2, 0) is 22.6 Å². The van der Waals surface area contributed by atoms with E-state index in [1.54, 1.807) is 11.9 Å². The number of hydrogen-bond acceptors (Lipinski definition) is 3. The molecular formula is C25H33N3O2. The molecule has 1 saturated heterocycles. The Kier molecular flexibility index (Phi) is 7.27. The van der Waals surface area contributed by atoms with Crippen molar-refractivity contribution in [2.45, 2.75) is 33.7 Å². The van der Waals surface area contributed by atoms with Crippen LogP contribution in [0.25, 0.3) is 0 Å². The summed E-state index contributed by atoms with van der Waals surface area (Å²) in [6.07, 6.45) is 0.329. The van der Waals surface area contributed by atoms with Crippen molar-refractivity contribution in [1.29, 1.82) is 0 Å². The van der Waals surface area contributed by atoms with Gasteiger partial charge in [-0.3, -0.25) is 14.5 Å². The molecule has 30 heavy (non-hydrogen) atoms. The Labute approximate surface area is 180 Å². The highest BCUT2D eigenvalue weighted by Crippen LogP contribution is 2.12. The highest BCUT2D eigenvalue weighted by molar-refractivity contribution is 5.85. The van der Waals surface area contributed by atoms with Gasteiger partial charge in [-0.15, -0.1) is 0 Å². The number of piperazine rings is 1. The van der Waals surface area contributed by atoms with E-state index in [0.29, 0.717) is 19.5 Å². The van der Waals surface area contributed by atoms with Gasteiger partial charge in [-0.2, -0.15) is 0 Å². The predicted octanol–water partition coefficient (Wildman–Crippen LogP) is 2.96. The van der Waals surface area contributed by atoms with E-state index in [0.717, 1.165) is 25.2 Å². The van der Waals surface area contributed by atoms with E-state index >= 15 is 0 Å². The van der Waals surface area contributed by atoms with Crippen molar-refractivity contribution in [2.75, 3.05) is 39.8 Å². The average Bonchev–Trinajstić information content (AvgIpc) is 2.71. The Morgan fingerprint density at radius 1 is 0.900 bits per heavy atom. The van der Waals surface area contributed by atoms with Crippen LogP contribution < -0.4 is 0 Å². The maximum Gasteiger partial charge on any atom is 0.242 e. The van der Waals surface area contributed by atoms with Gasteiger partial charge in [-0.25, -0.2) is 0 Å². The van der Waals surface area contributed by atoms with Crippen LogP contribution in [0.4, 0.5) is 0 Å². The van der Waals surface area contributed by atoms with Gasteiger partial charge in [-0.05, 0) is 43.0 Å². The highest BCUT2D eigenvalue weighted by Gasteiger charge is 2.23. The number of carbonyl (C=O) groups excluding carboxylic acids is 2. The van der Waals surface area contributed by atoms with Crippen molar-refractivity contribution in [3.63, 3.8) is 0 Å². The third-order valence-corrected chi connectivity index (χ3v) is 5.94. The molecular weight excluding hydrogens is 374 g/mol. The molecule has 2 aromatic carbocycles. The molecule has 5 nitrogen and oxygen atoms in total. The van der Waals surface area contributed by atoms with Gasteiger partial charge in [0.25, 0.3) is 0 Å². The molecule has 2 amide bonds. The minimum absolute atomic E-state index is 0.0234. The third kappa shape index (κ3) is 5.92. The summed E-state index contributed by atoms with van der Waals surface area (Å²) in [5.41, 5.74) is 5.98. The van der Waals surface area contributed by atoms with E-state index < -0.39 is 0 Å². The molecule has 0 radical (unpaired) electrons. The number of carbonyl (C=O) groups is 2. The number of benzene rings is 2. The van der Waals surface area contributed by atoms with Crippen molar-refractivity contribution < 1.29 is 9.59 Å². The molecule has 160 valence electrons. The Morgan fingerprint density at radius 2 is 1.63 bits per heavy atom. The molecule has 1 fully saturated rings. The number of nitrogens with zero attached hydrogens (tertiary/aromatic N) is 3. The summed E-state index contributed by atoms with van der Waals surface area (Å²) >= 11 is 0. The summed E-state index contributed by atoms with van der Waals surface area (Å²) in [5, 5.41) is 0. The van der Waals surface area contributed by atoms with Crippen LogP contribution in [0.15, 0.2) is 42.5 Å². The van der Waals surface area contributed by atoms with Gasteiger partial charge in [0, 0.05) is 39.8 Å². The predicted molar refractivity (Wildman–Crippen MR) is 120 cm³/mol. The molecule has 0 bridgehead atoms. The molecule has 0 spiro atoms. The van der Waals surface area contributed by atoms with E-state index in [9.17, 15) is 9.59 Å². The van der Waals surface area contributed by atoms with E-state index in [2.05, 4.69) is 56.0 Å². The fourth-order valence-electron chi connectivity index (χ4n) is 3.84. The Bertz CT molecular complexity index is 901. The molecule has 2 aromatic rings. The lowest BCUT2D eigenvalue weighted by Crippen LogP contribution is -2.51. The normalized spacial score (nSPS) is 14.6. The standard InChI is InChI=1S/C25H33N3O2/c1-19-6-5-7-23(14-19)17-27-10-12-28(13-11-27)25(30)18-26(4)24(29)16-22-9-8-20(2)21(3)15-22/h5-9,14-15H,10-13,16-18H2,1-4H3. The maximum absolute atomic E-state index is 12.7. The summed E-state index contributed by atoms with van der Waals surface area (Å²) in [6, 6.07) is 14.7. The summed E-state index contributed by atoms with van der Waals surface area (Å²) in [5.74, 6) is 0.00540. The molecule has 0 unspecified atom stereocenters. The molecule has 0 saturated carbocycles. The Morgan fingerprint density at radius 3 is 2.30 bits per heavy atom. The maximum atomic E-state index is 12.7. The summed E-state index contributed by atoms with van der Waals surface area (Å²) in [6.45, 7) is 10.4. The SMILES string of the molecule is Cc1cccc(CN2CCN(C(=O)CN(C)C(=O)Cc3ccc(C)c(C)c3)CC2)c1. The van der Waals surface area contributed by atoms with E-state index in [-0.39, 0.29) is 18.4 Å². The smallest absolute Gasteiger partial charge is 0.242 e. The van der Waals surface area contributed by atoms with Gasteiger partial charge in [0.15, 0.2) is 0 Å². The van der Waals surface area contributed by atoms with Crippen LogP contribution in [0.1, 0.15) is 27.8 Å². The molecule has 0 aliphatic carbocycles. The Hall–Kier alpha value is -2.66. The molecule has 1 aliphatic rings. The van der Waals surface area contributed by atoms with Crippen LogP contribution in [0.3, 0.4) is 0 Å². The second-order valence-electron chi connectivity index (χ2n) is 8.49. The van der Waals surface area contributed by atoms with Gasteiger partial charge in [0.05, 0.1) is 13.0 Å². The quantitative estimate of drug-likeness (QED) is 0.740. The van der Waals surface area contributed by atoms with Gasteiger partial charge in [0.1, 0.15) is 0 Å². The number of rotatable bonds is 6. The minimum Gasteiger partial charge on any atom is -0.339 e. The van der Waals surface area contributed by atoms with Gasteiger partial charge in [0.2, 0.25) is 11.8 Å². The topological polar surface area (TPSA) is 43.9 Å². The van der Waals surface area contributed by atoms with E-state index in [4.69, 9.17) is 0 Å². The second kappa shape index (κ2) is 9.90. The van der Waals surface area contributed by atoms with Crippen LogP contribution in [-0.4, -0.2) is 66.3 Å². The first kappa shape index (κ1) is 22.0. The fraction of sp³-hybridized carbons (Fsp3) is 0.440. The summed E-state index contributed by atoms with van der Waals surface area (Å²) in [7, 11) is 1.72. The van der Waals surface area contributed by atoms with Gasteiger partial charge in [-0.1, -0.05) is 48.0 Å². The summed E-state index contributed by atoms with van der Waals surface area (Å²) in [4.78, 5) is 31.1. The first-order valence-corrected chi connectivity index (χ1v) is 10.7. The minimum atomic E-state index is -0.0234. The first-order chi connectivity index (χ1) is 14.3.